The number of allylic oxidation sites excluding steroid dienone is 1. The molecule has 0 spiro atoms. The number of piperidine rings is 1. The van der Waals surface area contributed by atoms with E-state index in [0.29, 0.717) is 6.42 Å². The minimum Gasteiger partial charge on any atom is -0.504 e. The van der Waals surface area contributed by atoms with Gasteiger partial charge in [-0.15, -0.1) is 0 Å². The third-order valence-electron chi connectivity index (χ3n) is 8.03. The lowest BCUT2D eigenvalue weighted by molar-refractivity contribution is -0.173. The van der Waals surface area contributed by atoms with Gasteiger partial charge in [-0.25, -0.2) is 0 Å². The molecule has 1 saturated heterocycles. The standard InChI is InChI=1S/C22H29NO3/c1-13-7-8-22(26)18-11-16-5-6-17(24)20(25)19(16)21(22,14(13)2)9-10-23(18)12-15-3-4-15/h5-6,14-15,18,24-26H,1,3-4,7-12H2,2H3/t14?,18-,21-,22-/m1/s1. The van der Waals surface area contributed by atoms with E-state index in [9.17, 15) is 15.3 Å². The molecule has 2 bridgehead atoms. The van der Waals surface area contributed by atoms with E-state index in [2.05, 4.69) is 18.4 Å². The maximum Gasteiger partial charge on any atom is 0.161 e. The Hall–Kier alpha value is -1.52. The zero-order valence-electron chi connectivity index (χ0n) is 15.5. The number of phenols is 2. The summed E-state index contributed by atoms with van der Waals surface area (Å²) in [7, 11) is 0. The summed E-state index contributed by atoms with van der Waals surface area (Å²) in [5, 5.41) is 33.2. The Morgan fingerprint density at radius 1 is 1.23 bits per heavy atom. The first-order valence-corrected chi connectivity index (χ1v) is 10.1. The molecule has 4 atom stereocenters. The Kier molecular flexibility index (Phi) is 3.37. The van der Waals surface area contributed by atoms with Crippen LogP contribution in [-0.4, -0.2) is 45.0 Å². The highest BCUT2D eigenvalue weighted by Crippen LogP contribution is 2.63. The van der Waals surface area contributed by atoms with Crippen LogP contribution in [0.25, 0.3) is 0 Å². The minimum atomic E-state index is -0.876. The third-order valence-corrected chi connectivity index (χ3v) is 8.03. The molecule has 5 rings (SSSR count). The molecule has 140 valence electrons. The van der Waals surface area contributed by atoms with Crippen molar-refractivity contribution in [3.8, 4) is 11.5 Å². The van der Waals surface area contributed by atoms with E-state index in [1.807, 2.05) is 6.07 Å². The Morgan fingerprint density at radius 2 is 2.00 bits per heavy atom. The van der Waals surface area contributed by atoms with E-state index in [0.717, 1.165) is 55.0 Å². The van der Waals surface area contributed by atoms with Crippen LogP contribution in [0.3, 0.4) is 0 Å². The van der Waals surface area contributed by atoms with Crippen LogP contribution in [0.5, 0.6) is 11.5 Å². The second-order valence-electron chi connectivity index (χ2n) is 9.15. The molecule has 4 nitrogen and oxygen atoms in total. The van der Waals surface area contributed by atoms with Crippen LogP contribution in [0.4, 0.5) is 0 Å². The number of aliphatic hydroxyl groups is 1. The van der Waals surface area contributed by atoms with E-state index < -0.39 is 11.0 Å². The van der Waals surface area contributed by atoms with Crippen molar-refractivity contribution >= 4 is 0 Å². The van der Waals surface area contributed by atoms with E-state index in [1.54, 1.807) is 6.07 Å². The molecule has 4 aliphatic rings. The summed E-state index contributed by atoms with van der Waals surface area (Å²) in [4.78, 5) is 2.52. The van der Waals surface area contributed by atoms with Gasteiger partial charge in [-0.05, 0) is 68.5 Å². The fraction of sp³-hybridized carbons (Fsp3) is 0.636. The van der Waals surface area contributed by atoms with Gasteiger partial charge in [0.05, 0.1) is 5.60 Å². The molecule has 1 aromatic carbocycles. The zero-order valence-corrected chi connectivity index (χ0v) is 15.5. The number of hydrogen-bond acceptors (Lipinski definition) is 4. The Bertz CT molecular complexity index is 786. The average Bonchev–Trinajstić information content (AvgIpc) is 3.42. The zero-order chi connectivity index (χ0) is 18.3. The molecule has 3 N–H and O–H groups in total. The lowest BCUT2D eigenvalue weighted by atomic mass is 9.45. The summed E-state index contributed by atoms with van der Waals surface area (Å²) in [6, 6.07) is 3.63. The normalized spacial score (nSPS) is 39.4. The molecule has 3 aliphatic carbocycles. The highest BCUT2D eigenvalue weighted by Gasteiger charge is 2.67. The molecule has 1 heterocycles. The van der Waals surface area contributed by atoms with Gasteiger partial charge >= 0.3 is 0 Å². The van der Waals surface area contributed by atoms with E-state index in [1.165, 1.54) is 12.8 Å². The maximum absolute atomic E-state index is 12.1. The Balaban J connectivity index is 1.72. The van der Waals surface area contributed by atoms with E-state index >= 15 is 0 Å². The lowest BCUT2D eigenvalue weighted by Crippen LogP contribution is -2.74. The number of likely N-dealkylation sites (tertiary alicyclic amines) is 1. The highest BCUT2D eigenvalue weighted by atomic mass is 16.3. The van der Waals surface area contributed by atoms with Gasteiger partial charge in [-0.3, -0.25) is 4.90 Å². The van der Waals surface area contributed by atoms with E-state index in [4.69, 9.17) is 0 Å². The molecule has 3 fully saturated rings. The molecule has 26 heavy (non-hydrogen) atoms. The van der Waals surface area contributed by atoms with Crippen molar-refractivity contribution in [2.75, 3.05) is 13.1 Å². The smallest absolute Gasteiger partial charge is 0.161 e. The first kappa shape index (κ1) is 16.6. The number of rotatable bonds is 2. The van der Waals surface area contributed by atoms with Crippen molar-refractivity contribution in [2.45, 2.75) is 62.5 Å². The van der Waals surface area contributed by atoms with Gasteiger partial charge in [0, 0.05) is 23.6 Å². The van der Waals surface area contributed by atoms with Crippen LogP contribution in [0.2, 0.25) is 0 Å². The molecule has 0 amide bonds. The topological polar surface area (TPSA) is 63.9 Å². The second kappa shape index (κ2) is 5.26. The first-order chi connectivity index (χ1) is 12.4. The Labute approximate surface area is 155 Å². The maximum atomic E-state index is 12.1. The minimum absolute atomic E-state index is 0.0310. The Morgan fingerprint density at radius 3 is 2.73 bits per heavy atom. The molecular weight excluding hydrogens is 326 g/mol. The summed E-state index contributed by atoms with van der Waals surface area (Å²) in [6.45, 7) is 8.47. The van der Waals surface area contributed by atoms with Crippen molar-refractivity contribution < 1.29 is 15.3 Å². The summed E-state index contributed by atoms with van der Waals surface area (Å²) in [5.41, 5.74) is 1.59. The lowest BCUT2D eigenvalue weighted by Gasteiger charge is -2.66. The van der Waals surface area contributed by atoms with Crippen molar-refractivity contribution in [1.82, 2.24) is 4.90 Å². The van der Waals surface area contributed by atoms with Gasteiger partial charge in [0.1, 0.15) is 0 Å². The number of benzene rings is 1. The van der Waals surface area contributed by atoms with Gasteiger partial charge < -0.3 is 15.3 Å². The van der Waals surface area contributed by atoms with Gasteiger partial charge in [0.2, 0.25) is 0 Å². The molecule has 1 aliphatic heterocycles. The van der Waals surface area contributed by atoms with Crippen LogP contribution < -0.4 is 0 Å². The van der Waals surface area contributed by atoms with Crippen molar-refractivity contribution in [3.05, 3.63) is 35.4 Å². The summed E-state index contributed by atoms with van der Waals surface area (Å²) in [6.07, 6.45) is 5.69. The number of nitrogens with zero attached hydrogens (tertiary/aromatic N) is 1. The third kappa shape index (κ3) is 1.92. The van der Waals surface area contributed by atoms with Crippen LogP contribution in [-0.2, 0) is 11.8 Å². The molecule has 1 unspecified atom stereocenters. The predicted molar refractivity (Wildman–Crippen MR) is 100 cm³/mol. The summed E-state index contributed by atoms with van der Waals surface area (Å²) in [5.74, 6) is 0.759. The van der Waals surface area contributed by atoms with Crippen LogP contribution in [0.1, 0.15) is 50.2 Å². The molecule has 1 aromatic rings. The van der Waals surface area contributed by atoms with Gasteiger partial charge in [-0.2, -0.15) is 0 Å². The number of aromatic hydroxyl groups is 2. The van der Waals surface area contributed by atoms with Gasteiger partial charge in [0.15, 0.2) is 11.5 Å². The molecule has 2 saturated carbocycles. The van der Waals surface area contributed by atoms with Crippen molar-refractivity contribution in [2.24, 2.45) is 11.8 Å². The first-order valence-electron chi connectivity index (χ1n) is 10.1. The van der Waals surface area contributed by atoms with Crippen LogP contribution in [0, 0.1) is 11.8 Å². The predicted octanol–water partition coefficient (Wildman–Crippen LogP) is 3.09. The molecule has 0 radical (unpaired) electrons. The quantitative estimate of drug-likeness (QED) is 0.563. The largest absolute Gasteiger partial charge is 0.504 e. The fourth-order valence-corrected chi connectivity index (χ4v) is 6.39. The molecule has 4 heteroatoms. The van der Waals surface area contributed by atoms with Gasteiger partial charge in [-0.1, -0.05) is 25.1 Å². The number of fused-ring (bicyclic) bond motifs is 1. The molecule has 0 aromatic heterocycles. The SMILES string of the molecule is C=C1CC[C@@]2(O)[C@H]3Cc4ccc(O)c(O)c4[C@@]2(CCN3CC2CC2)C1C. The van der Waals surface area contributed by atoms with E-state index in [-0.39, 0.29) is 23.5 Å². The highest BCUT2D eigenvalue weighted by molar-refractivity contribution is 5.59. The number of hydrogen-bond donors (Lipinski definition) is 3. The fourth-order valence-electron chi connectivity index (χ4n) is 6.39. The van der Waals surface area contributed by atoms with Crippen molar-refractivity contribution in [3.63, 3.8) is 0 Å². The van der Waals surface area contributed by atoms with Crippen molar-refractivity contribution in [1.29, 1.82) is 0 Å². The van der Waals surface area contributed by atoms with Crippen LogP contribution in [0.15, 0.2) is 24.3 Å². The number of phenolic OH excluding ortho intramolecular Hbond substituents is 2. The average molecular weight is 355 g/mol. The monoisotopic (exact) mass is 355 g/mol. The second-order valence-corrected chi connectivity index (χ2v) is 9.15. The summed E-state index contributed by atoms with van der Waals surface area (Å²) < 4.78 is 0. The van der Waals surface area contributed by atoms with Crippen LogP contribution >= 0.6 is 0 Å². The van der Waals surface area contributed by atoms with Gasteiger partial charge in [0.25, 0.3) is 0 Å². The summed E-state index contributed by atoms with van der Waals surface area (Å²) >= 11 is 0. The molecular formula is C22H29NO3.